The third-order valence-corrected chi connectivity index (χ3v) is 9.52. The molecule has 2 N–H and O–H groups in total. The van der Waals surface area contributed by atoms with Gasteiger partial charge >= 0.3 is 48.9 Å². The number of halogens is 2. The van der Waals surface area contributed by atoms with E-state index >= 15 is 0 Å². The molecule has 0 heterocycles. The first-order chi connectivity index (χ1) is 25.4. The van der Waals surface area contributed by atoms with Crippen molar-refractivity contribution in [2.45, 2.75) is 9.79 Å². The van der Waals surface area contributed by atoms with Gasteiger partial charge in [-0.05, 0) is 22.9 Å². The molecule has 0 aromatic heterocycles. The van der Waals surface area contributed by atoms with E-state index in [1.165, 1.54) is 12.1 Å². The summed E-state index contributed by atoms with van der Waals surface area (Å²) in [5, 5.41) is 58.5. The number of phenols is 2. The van der Waals surface area contributed by atoms with Crippen molar-refractivity contribution >= 4 is 148 Å². The van der Waals surface area contributed by atoms with Crippen LogP contribution in [-0.2, 0) is 20.2 Å². The molecule has 0 aliphatic carbocycles. The second-order valence-electron chi connectivity index (χ2n) is 10.7. The van der Waals surface area contributed by atoms with Crippen molar-refractivity contribution in [3.05, 3.63) is 127 Å². The van der Waals surface area contributed by atoms with Gasteiger partial charge in [0.15, 0.2) is 0 Å². The molecule has 0 aliphatic heterocycles. The van der Waals surface area contributed by atoms with Gasteiger partial charge in [0.2, 0.25) is 0 Å². The summed E-state index contributed by atoms with van der Waals surface area (Å²) >= 11 is 11.8. The standard InChI is InChI=1S/2C16H10ClN3O6S.Ba/c2*17-12-7-10(20(22)23)8-14(27(24,25)26)16(12)19-18-15-11-4-2-1-3-9(11)5-6-13(15)21;/h2*1-8,21H,(H,24,25,26);/q;;+2/p-2. The largest absolute Gasteiger partial charge is 2.00 e. The van der Waals surface area contributed by atoms with Crippen molar-refractivity contribution in [2.24, 2.45) is 20.5 Å². The van der Waals surface area contributed by atoms with Gasteiger partial charge < -0.3 is 19.3 Å². The Morgan fingerprint density at radius 1 is 0.527 bits per heavy atom. The quantitative estimate of drug-likeness (QED) is 0.0477. The fourth-order valence-electron chi connectivity index (χ4n) is 4.80. The molecule has 6 aromatic rings. The van der Waals surface area contributed by atoms with Crippen LogP contribution in [0, 0.1) is 20.2 Å². The van der Waals surface area contributed by atoms with Gasteiger partial charge in [-0.3, -0.25) is 20.2 Å². The number of azo groups is 2. The maximum absolute atomic E-state index is 11.5. The van der Waals surface area contributed by atoms with Gasteiger partial charge in [0.1, 0.15) is 54.5 Å². The Kier molecular flexibility index (Phi) is 13.7. The summed E-state index contributed by atoms with van der Waals surface area (Å²) in [6.45, 7) is 0. The van der Waals surface area contributed by atoms with Crippen LogP contribution in [0.1, 0.15) is 0 Å². The molecule has 23 heteroatoms. The fraction of sp³-hybridized carbons (Fsp3) is 0. The van der Waals surface area contributed by atoms with E-state index in [-0.39, 0.29) is 71.8 Å². The molecule has 0 saturated carbocycles. The van der Waals surface area contributed by atoms with Crippen LogP contribution in [0.2, 0.25) is 10.0 Å². The molecule has 0 saturated heterocycles. The van der Waals surface area contributed by atoms with Crippen LogP contribution < -0.4 is 0 Å². The number of rotatable bonds is 8. The van der Waals surface area contributed by atoms with E-state index in [0.29, 0.717) is 22.9 Å². The zero-order chi connectivity index (χ0) is 39.5. The molecule has 6 rings (SSSR count). The van der Waals surface area contributed by atoms with Crippen LogP contribution in [0.4, 0.5) is 34.1 Å². The SMILES string of the molecule is O=[N+]([O-])c1cc(Cl)c(N=Nc2c(O)ccc3ccccc23)c(S(=O)(=O)[O-])c1.O=[N+]([O-])c1cc(Cl)c(N=Nc2c(O)ccc3ccccc23)c(S(=O)(=O)[O-])c1.[Ba+2]. The minimum atomic E-state index is -5.12. The van der Waals surface area contributed by atoms with Crippen molar-refractivity contribution in [3.8, 4) is 11.5 Å². The Balaban J connectivity index is 0.000000240. The Morgan fingerprint density at radius 2 is 0.855 bits per heavy atom. The maximum Gasteiger partial charge on any atom is 2.00 e. The van der Waals surface area contributed by atoms with Crippen molar-refractivity contribution in [2.75, 3.05) is 0 Å². The zero-order valence-corrected chi connectivity index (χ0v) is 34.8. The topological polar surface area (TPSA) is 291 Å². The predicted molar refractivity (Wildman–Crippen MR) is 197 cm³/mol. The number of phenolic OH excluding ortho intramolecular Hbond substituents is 2. The second kappa shape index (κ2) is 17.5. The van der Waals surface area contributed by atoms with E-state index in [1.54, 1.807) is 60.7 Å². The summed E-state index contributed by atoms with van der Waals surface area (Å²) < 4.78 is 68.9. The molecule has 0 fully saturated rings. The molecule has 55 heavy (non-hydrogen) atoms. The maximum atomic E-state index is 11.5. The molecule has 0 unspecified atom stereocenters. The first-order valence-electron chi connectivity index (χ1n) is 14.5. The van der Waals surface area contributed by atoms with Crippen molar-refractivity contribution in [1.29, 1.82) is 0 Å². The van der Waals surface area contributed by atoms with E-state index in [9.17, 15) is 56.4 Å². The summed E-state index contributed by atoms with van der Waals surface area (Å²) in [7, 11) is -10.2. The van der Waals surface area contributed by atoms with E-state index in [2.05, 4.69) is 20.5 Å². The number of nitrogens with zero attached hydrogens (tertiary/aromatic N) is 6. The van der Waals surface area contributed by atoms with Crippen molar-refractivity contribution < 1.29 is 46.0 Å². The first-order valence-corrected chi connectivity index (χ1v) is 18.1. The van der Waals surface area contributed by atoms with Crippen LogP contribution in [0.25, 0.3) is 21.5 Å². The Bertz CT molecular complexity index is 2620. The van der Waals surface area contributed by atoms with Gasteiger partial charge in [0.05, 0.1) is 29.7 Å². The number of nitro benzene ring substituents is 2. The average Bonchev–Trinajstić information content (AvgIpc) is 3.10. The van der Waals surface area contributed by atoms with Gasteiger partial charge in [0.25, 0.3) is 11.4 Å². The molecule has 18 nitrogen and oxygen atoms in total. The Hall–Kier alpha value is -4.59. The Labute approximate surface area is 359 Å². The molecule has 0 atom stereocenters. The van der Waals surface area contributed by atoms with Crippen LogP contribution >= 0.6 is 23.2 Å². The van der Waals surface area contributed by atoms with Crippen molar-refractivity contribution in [3.63, 3.8) is 0 Å². The summed E-state index contributed by atoms with van der Waals surface area (Å²) in [6, 6.07) is 22.7. The predicted octanol–water partition coefficient (Wildman–Crippen LogP) is 8.47. The van der Waals surface area contributed by atoms with E-state index in [1.807, 2.05) is 0 Å². The summed E-state index contributed by atoms with van der Waals surface area (Å²) in [6.07, 6.45) is 0. The molecule has 0 radical (unpaired) electrons. The molecule has 276 valence electrons. The van der Waals surface area contributed by atoms with Gasteiger partial charge in [-0.2, -0.15) is 0 Å². The number of benzene rings is 6. The number of aromatic hydroxyl groups is 2. The van der Waals surface area contributed by atoms with Crippen LogP contribution in [0.15, 0.2) is 127 Å². The molecular weight excluding hydrogens is 933 g/mol. The number of hydrogen-bond donors (Lipinski definition) is 2. The third-order valence-electron chi connectivity index (χ3n) is 7.25. The fourth-order valence-corrected chi connectivity index (χ4v) is 6.72. The number of non-ortho nitro benzene ring substituents is 2. The minimum Gasteiger partial charge on any atom is -0.744 e. The van der Waals surface area contributed by atoms with E-state index < -0.39 is 72.7 Å². The number of hydrogen-bond acceptors (Lipinski definition) is 16. The molecule has 6 aromatic carbocycles. The molecule has 0 bridgehead atoms. The average molecular weight is 951 g/mol. The summed E-state index contributed by atoms with van der Waals surface area (Å²) in [4.78, 5) is 18.0. The molecule has 0 amide bonds. The second-order valence-corrected chi connectivity index (χ2v) is 14.2. The monoisotopic (exact) mass is 950 g/mol. The van der Waals surface area contributed by atoms with E-state index in [4.69, 9.17) is 23.2 Å². The van der Waals surface area contributed by atoms with Crippen LogP contribution in [0.3, 0.4) is 0 Å². The zero-order valence-electron chi connectivity index (χ0n) is 27.2. The van der Waals surface area contributed by atoms with E-state index in [0.717, 1.165) is 22.9 Å². The van der Waals surface area contributed by atoms with Gasteiger partial charge in [-0.25, -0.2) is 16.8 Å². The third kappa shape index (κ3) is 10.00. The first kappa shape index (κ1) is 43.1. The smallest absolute Gasteiger partial charge is 0.744 e. The molecular formula is C32H18BaCl2N6O12S2. The van der Waals surface area contributed by atoms with Crippen LogP contribution in [-0.4, -0.2) is 94.9 Å². The normalized spacial score (nSPS) is 11.7. The van der Waals surface area contributed by atoms with Gasteiger partial charge in [-0.1, -0.05) is 83.9 Å². The Morgan fingerprint density at radius 3 is 1.18 bits per heavy atom. The molecule has 0 spiro atoms. The molecule has 0 aliphatic rings. The summed E-state index contributed by atoms with van der Waals surface area (Å²) in [5.74, 6) is -0.468. The van der Waals surface area contributed by atoms with Crippen molar-refractivity contribution in [1.82, 2.24) is 0 Å². The van der Waals surface area contributed by atoms with Gasteiger partial charge in [-0.15, -0.1) is 20.5 Å². The number of fused-ring (bicyclic) bond motifs is 2. The summed E-state index contributed by atoms with van der Waals surface area (Å²) in [5.41, 5.74) is -2.41. The number of nitro groups is 2. The minimum absolute atomic E-state index is 0. The van der Waals surface area contributed by atoms with Gasteiger partial charge in [0, 0.05) is 35.0 Å². The van der Waals surface area contributed by atoms with Crippen LogP contribution in [0.5, 0.6) is 11.5 Å².